The number of hydrogen-bond donors (Lipinski definition) is 0. The Balaban J connectivity index is 2.49. The van der Waals surface area contributed by atoms with E-state index >= 15 is 0 Å². The van der Waals surface area contributed by atoms with Crippen LogP contribution < -0.4 is 5.43 Å². The van der Waals surface area contributed by atoms with Gasteiger partial charge in [-0.15, -0.1) is 0 Å². The average molecular weight is 197 g/mol. The van der Waals surface area contributed by atoms with E-state index in [1.807, 2.05) is 6.07 Å². The third kappa shape index (κ3) is 1.27. The summed E-state index contributed by atoms with van der Waals surface area (Å²) in [4.78, 5) is 15.2. The minimum atomic E-state index is -0.00157. The molecule has 0 N–H and O–H groups in total. The summed E-state index contributed by atoms with van der Waals surface area (Å²) in [6.45, 7) is 0. The molecule has 0 atom stereocenters. The predicted octanol–water partition coefficient (Wildman–Crippen LogP) is 1.19. The molecule has 2 heterocycles. The van der Waals surface area contributed by atoms with E-state index in [0.717, 1.165) is 16.6 Å². The molecule has 0 spiro atoms. The Bertz CT molecular complexity index is 659. The van der Waals surface area contributed by atoms with Crippen molar-refractivity contribution in [1.82, 2.24) is 14.6 Å². The summed E-state index contributed by atoms with van der Waals surface area (Å²) >= 11 is 0. The molecule has 0 aromatic carbocycles. The summed E-state index contributed by atoms with van der Waals surface area (Å²) < 4.78 is 1.67. The zero-order valence-electron chi connectivity index (χ0n) is 7.79. The molecule has 1 aliphatic heterocycles. The normalized spacial score (nSPS) is 10.9. The van der Waals surface area contributed by atoms with Crippen LogP contribution >= 0.6 is 0 Å². The van der Waals surface area contributed by atoms with Crippen LogP contribution in [0, 0.1) is 0 Å². The van der Waals surface area contributed by atoms with Crippen molar-refractivity contribution in [1.29, 1.82) is 0 Å². The molecule has 15 heavy (non-hydrogen) atoms. The van der Waals surface area contributed by atoms with Crippen molar-refractivity contribution >= 4 is 5.52 Å². The Morgan fingerprint density at radius 3 is 2.93 bits per heavy atom. The fourth-order valence-corrected chi connectivity index (χ4v) is 1.58. The van der Waals surface area contributed by atoms with Gasteiger partial charge in [-0.1, -0.05) is 6.07 Å². The fourth-order valence-electron chi connectivity index (χ4n) is 1.58. The van der Waals surface area contributed by atoms with E-state index in [1.165, 1.54) is 0 Å². The standard InChI is InChI=1S/C11H7N3O/c15-11-2-1-8-3-10-6-12-7-14(10)13-5-9(8)4-11/h1-7H. The topological polar surface area (TPSA) is 47.3 Å². The highest BCUT2D eigenvalue weighted by atomic mass is 16.1. The van der Waals surface area contributed by atoms with E-state index in [2.05, 4.69) is 10.1 Å². The largest absolute Gasteiger partial charge is 0.290 e. The van der Waals surface area contributed by atoms with Gasteiger partial charge in [0.2, 0.25) is 0 Å². The maximum Gasteiger partial charge on any atom is 0.179 e. The Morgan fingerprint density at radius 1 is 1.07 bits per heavy atom. The van der Waals surface area contributed by atoms with E-state index in [4.69, 9.17) is 0 Å². The second kappa shape index (κ2) is 2.88. The third-order valence-corrected chi connectivity index (χ3v) is 2.33. The molecule has 0 radical (unpaired) electrons. The number of nitrogens with zero attached hydrogens (tertiary/aromatic N) is 3. The van der Waals surface area contributed by atoms with Crippen LogP contribution in [0.2, 0.25) is 0 Å². The molecule has 1 aromatic rings. The van der Waals surface area contributed by atoms with Gasteiger partial charge in [0.1, 0.15) is 6.33 Å². The van der Waals surface area contributed by atoms with E-state index in [0.29, 0.717) is 0 Å². The average Bonchev–Trinajstić information content (AvgIpc) is 2.59. The van der Waals surface area contributed by atoms with Crippen LogP contribution in [-0.4, -0.2) is 14.6 Å². The van der Waals surface area contributed by atoms with Gasteiger partial charge in [-0.3, -0.25) is 4.79 Å². The smallest absolute Gasteiger partial charge is 0.179 e. The molecule has 0 unspecified atom stereocenters. The van der Waals surface area contributed by atoms with E-state index in [1.54, 1.807) is 41.4 Å². The van der Waals surface area contributed by atoms with Gasteiger partial charge in [-0.05, 0) is 23.8 Å². The number of fused-ring (bicyclic) bond motifs is 2. The molecule has 3 rings (SSSR count). The van der Waals surface area contributed by atoms with Crippen LogP contribution in [0.25, 0.3) is 16.6 Å². The first kappa shape index (κ1) is 8.11. The third-order valence-electron chi connectivity index (χ3n) is 2.33. The number of imidazole rings is 1. The highest BCUT2D eigenvalue weighted by Gasteiger charge is 2.02. The number of hydrogen-bond acceptors (Lipinski definition) is 3. The summed E-state index contributed by atoms with van der Waals surface area (Å²) in [5.74, 6) is 0. The Labute approximate surface area is 85.2 Å². The van der Waals surface area contributed by atoms with E-state index in [-0.39, 0.29) is 5.43 Å². The van der Waals surface area contributed by atoms with Gasteiger partial charge in [0.25, 0.3) is 0 Å². The molecule has 4 nitrogen and oxygen atoms in total. The van der Waals surface area contributed by atoms with Gasteiger partial charge in [0.05, 0.1) is 17.9 Å². The van der Waals surface area contributed by atoms with Crippen molar-refractivity contribution in [2.45, 2.75) is 0 Å². The molecule has 0 amide bonds. The van der Waals surface area contributed by atoms with E-state index in [9.17, 15) is 4.79 Å². The van der Waals surface area contributed by atoms with Gasteiger partial charge in [0.15, 0.2) is 5.43 Å². The lowest BCUT2D eigenvalue weighted by atomic mass is 10.1. The second-order valence-corrected chi connectivity index (χ2v) is 3.34. The summed E-state index contributed by atoms with van der Waals surface area (Å²) in [5, 5.41) is 4.19. The number of aromatic nitrogens is 3. The van der Waals surface area contributed by atoms with Gasteiger partial charge < -0.3 is 0 Å². The maximum atomic E-state index is 11.2. The summed E-state index contributed by atoms with van der Waals surface area (Å²) in [6.07, 6.45) is 5.04. The van der Waals surface area contributed by atoms with Crippen LogP contribution in [0.5, 0.6) is 0 Å². The molecule has 1 aromatic heterocycles. The van der Waals surface area contributed by atoms with Crippen LogP contribution in [0.1, 0.15) is 0 Å². The maximum absolute atomic E-state index is 11.2. The van der Waals surface area contributed by atoms with Crippen LogP contribution in [-0.2, 0) is 0 Å². The van der Waals surface area contributed by atoms with Gasteiger partial charge in [-0.25, -0.2) is 9.50 Å². The molecular formula is C11H7N3O. The lowest BCUT2D eigenvalue weighted by molar-refractivity contribution is 0.938. The van der Waals surface area contributed by atoms with Crippen molar-refractivity contribution in [2.75, 3.05) is 0 Å². The molecule has 2 aliphatic rings. The quantitative estimate of drug-likeness (QED) is 0.544. The van der Waals surface area contributed by atoms with Crippen molar-refractivity contribution < 1.29 is 0 Å². The molecule has 0 saturated carbocycles. The first-order valence-electron chi connectivity index (χ1n) is 4.55. The van der Waals surface area contributed by atoms with Crippen molar-refractivity contribution in [3.8, 4) is 11.1 Å². The zero-order valence-corrected chi connectivity index (χ0v) is 7.79. The SMILES string of the molecule is O=c1ccc2cc3cncn3ncc-2c1. The summed E-state index contributed by atoms with van der Waals surface area (Å²) in [5.41, 5.74) is 2.73. The van der Waals surface area contributed by atoms with Gasteiger partial charge >= 0.3 is 0 Å². The van der Waals surface area contributed by atoms with Crippen molar-refractivity contribution in [3.05, 3.63) is 53.2 Å². The fraction of sp³-hybridized carbons (Fsp3) is 0. The van der Waals surface area contributed by atoms with Gasteiger partial charge in [0, 0.05) is 5.56 Å². The number of rotatable bonds is 0. The molecule has 0 saturated heterocycles. The molecule has 0 fully saturated rings. The van der Waals surface area contributed by atoms with Crippen molar-refractivity contribution in [3.63, 3.8) is 0 Å². The van der Waals surface area contributed by atoms with Crippen LogP contribution in [0.3, 0.4) is 0 Å². The Kier molecular flexibility index (Phi) is 1.56. The second-order valence-electron chi connectivity index (χ2n) is 3.34. The highest BCUT2D eigenvalue weighted by molar-refractivity contribution is 5.67. The Morgan fingerprint density at radius 2 is 2.00 bits per heavy atom. The molecular weight excluding hydrogens is 190 g/mol. The van der Waals surface area contributed by atoms with E-state index < -0.39 is 0 Å². The minimum absolute atomic E-state index is 0.00157. The molecule has 1 aliphatic carbocycles. The molecule has 4 heteroatoms. The Hall–Kier alpha value is -2.23. The highest BCUT2D eigenvalue weighted by Crippen LogP contribution is 2.18. The first-order chi connectivity index (χ1) is 7.33. The lowest BCUT2D eigenvalue weighted by Crippen LogP contribution is -1.96. The molecule has 72 valence electrons. The monoisotopic (exact) mass is 197 g/mol. The lowest BCUT2D eigenvalue weighted by Gasteiger charge is -1.95. The number of benzene rings is 1. The van der Waals surface area contributed by atoms with Gasteiger partial charge in [-0.2, -0.15) is 5.10 Å². The van der Waals surface area contributed by atoms with Crippen LogP contribution in [0.4, 0.5) is 0 Å². The first-order valence-corrected chi connectivity index (χ1v) is 4.55. The zero-order chi connectivity index (χ0) is 10.3. The van der Waals surface area contributed by atoms with Crippen LogP contribution in [0.15, 0.2) is 47.8 Å². The predicted molar refractivity (Wildman–Crippen MR) is 55.9 cm³/mol. The summed E-state index contributed by atoms with van der Waals surface area (Å²) in [6, 6.07) is 6.88. The summed E-state index contributed by atoms with van der Waals surface area (Å²) in [7, 11) is 0. The minimum Gasteiger partial charge on any atom is -0.290 e. The van der Waals surface area contributed by atoms with Crippen molar-refractivity contribution in [2.24, 2.45) is 0 Å². The molecule has 0 bridgehead atoms.